The van der Waals surface area contributed by atoms with Crippen molar-refractivity contribution >= 4 is 5.78 Å². The maximum absolute atomic E-state index is 4.58. The smallest absolute Gasteiger partial charge is 0.215 e. The molecule has 4 rings (SSSR count). The van der Waals surface area contributed by atoms with Crippen LogP contribution in [0.3, 0.4) is 0 Å². The molecule has 23 heavy (non-hydrogen) atoms. The van der Waals surface area contributed by atoms with E-state index >= 15 is 0 Å². The van der Waals surface area contributed by atoms with Gasteiger partial charge in [0, 0.05) is 5.56 Å². The molecule has 0 unspecified atom stereocenters. The lowest BCUT2D eigenvalue weighted by molar-refractivity contribution is 0.849. The van der Waals surface area contributed by atoms with Crippen molar-refractivity contribution in [3.8, 4) is 22.4 Å². The Morgan fingerprint density at radius 3 is 2.09 bits per heavy atom. The van der Waals surface area contributed by atoms with Crippen LogP contribution in [-0.4, -0.2) is 19.6 Å². The van der Waals surface area contributed by atoms with Gasteiger partial charge >= 0.3 is 0 Å². The van der Waals surface area contributed by atoms with Crippen molar-refractivity contribution in [1.82, 2.24) is 19.6 Å². The standard InChI is InChI=1S/C19H16N4/c1-13-14(2)22-23-12-18(21-19(23)20-13)17-10-8-16(9-11-17)15-6-4-3-5-7-15/h3-12H,1-2H3. The van der Waals surface area contributed by atoms with E-state index in [0.29, 0.717) is 5.78 Å². The number of aromatic nitrogens is 4. The summed E-state index contributed by atoms with van der Waals surface area (Å²) < 4.78 is 1.74. The predicted molar refractivity (Wildman–Crippen MR) is 91.1 cm³/mol. The van der Waals surface area contributed by atoms with Crippen LogP contribution in [0.4, 0.5) is 0 Å². The fraction of sp³-hybridized carbons (Fsp3) is 0.105. The largest absolute Gasteiger partial charge is 0.251 e. The molecule has 0 N–H and O–H groups in total. The molecule has 2 heterocycles. The maximum Gasteiger partial charge on any atom is 0.251 e. The molecular formula is C19H16N4. The molecule has 0 aliphatic carbocycles. The highest BCUT2D eigenvalue weighted by Gasteiger charge is 2.08. The SMILES string of the molecule is Cc1nc2nc(-c3ccc(-c4ccccc4)cc3)cn2nc1C. The molecule has 4 heteroatoms. The van der Waals surface area contributed by atoms with Gasteiger partial charge in [-0.05, 0) is 25.0 Å². The average molecular weight is 300 g/mol. The molecular weight excluding hydrogens is 284 g/mol. The van der Waals surface area contributed by atoms with Crippen LogP contribution >= 0.6 is 0 Å². The average Bonchev–Trinajstić information content (AvgIpc) is 2.99. The molecule has 0 fully saturated rings. The van der Waals surface area contributed by atoms with Crippen molar-refractivity contribution in [2.24, 2.45) is 0 Å². The Labute approximate surface area is 134 Å². The van der Waals surface area contributed by atoms with E-state index in [1.807, 2.05) is 38.2 Å². The number of aryl methyl sites for hydroxylation is 2. The molecule has 2 aromatic heterocycles. The Kier molecular flexibility index (Phi) is 3.15. The number of hydrogen-bond donors (Lipinski definition) is 0. The number of nitrogens with zero attached hydrogens (tertiary/aromatic N) is 4. The second-order valence-electron chi connectivity index (χ2n) is 5.60. The Bertz CT molecular complexity index is 931. The molecule has 2 aromatic carbocycles. The van der Waals surface area contributed by atoms with Crippen LogP contribution in [0.25, 0.3) is 28.2 Å². The normalized spacial score (nSPS) is 11.0. The zero-order chi connectivity index (χ0) is 15.8. The zero-order valence-corrected chi connectivity index (χ0v) is 13.1. The fourth-order valence-corrected chi connectivity index (χ4v) is 2.58. The molecule has 0 bridgehead atoms. The lowest BCUT2D eigenvalue weighted by Gasteiger charge is -2.02. The van der Waals surface area contributed by atoms with Gasteiger partial charge in [-0.2, -0.15) is 5.10 Å². The topological polar surface area (TPSA) is 43.1 Å². The van der Waals surface area contributed by atoms with Gasteiger partial charge in [-0.1, -0.05) is 54.6 Å². The quantitative estimate of drug-likeness (QED) is 0.560. The van der Waals surface area contributed by atoms with Crippen LogP contribution in [0.1, 0.15) is 11.4 Å². The molecule has 0 amide bonds. The molecule has 0 atom stereocenters. The summed E-state index contributed by atoms with van der Waals surface area (Å²) in [5.41, 5.74) is 6.18. The second-order valence-corrected chi connectivity index (χ2v) is 5.60. The van der Waals surface area contributed by atoms with Gasteiger partial charge in [0.15, 0.2) is 0 Å². The van der Waals surface area contributed by atoms with Crippen molar-refractivity contribution in [2.75, 3.05) is 0 Å². The molecule has 0 spiro atoms. The molecule has 4 nitrogen and oxygen atoms in total. The summed E-state index contributed by atoms with van der Waals surface area (Å²) in [4.78, 5) is 9.05. The van der Waals surface area contributed by atoms with E-state index in [1.165, 1.54) is 11.1 Å². The number of benzene rings is 2. The molecule has 0 aliphatic heterocycles. The summed E-state index contributed by atoms with van der Waals surface area (Å²) in [7, 11) is 0. The summed E-state index contributed by atoms with van der Waals surface area (Å²) in [5.74, 6) is 0.634. The lowest BCUT2D eigenvalue weighted by Crippen LogP contribution is -1.99. The van der Waals surface area contributed by atoms with Crippen LogP contribution < -0.4 is 0 Å². The van der Waals surface area contributed by atoms with E-state index in [1.54, 1.807) is 4.52 Å². The monoisotopic (exact) mass is 300 g/mol. The molecule has 112 valence electrons. The van der Waals surface area contributed by atoms with E-state index in [9.17, 15) is 0 Å². The van der Waals surface area contributed by atoms with Crippen molar-refractivity contribution < 1.29 is 0 Å². The first-order valence-corrected chi connectivity index (χ1v) is 7.57. The highest BCUT2D eigenvalue weighted by Crippen LogP contribution is 2.24. The van der Waals surface area contributed by atoms with Crippen molar-refractivity contribution in [3.63, 3.8) is 0 Å². The van der Waals surface area contributed by atoms with Gasteiger partial charge in [0.2, 0.25) is 0 Å². The second kappa shape index (κ2) is 5.32. The molecule has 0 aliphatic rings. The Morgan fingerprint density at radius 2 is 1.35 bits per heavy atom. The van der Waals surface area contributed by atoms with Crippen LogP contribution in [0, 0.1) is 13.8 Å². The van der Waals surface area contributed by atoms with Crippen LogP contribution in [0.15, 0.2) is 60.8 Å². The van der Waals surface area contributed by atoms with Crippen LogP contribution in [0.2, 0.25) is 0 Å². The number of hydrogen-bond acceptors (Lipinski definition) is 3. The number of imidazole rings is 1. The van der Waals surface area contributed by atoms with Crippen LogP contribution in [-0.2, 0) is 0 Å². The molecule has 0 saturated heterocycles. The third kappa shape index (κ3) is 2.48. The summed E-state index contributed by atoms with van der Waals surface area (Å²) in [6.07, 6.45) is 1.92. The minimum Gasteiger partial charge on any atom is -0.215 e. The molecule has 0 saturated carbocycles. The predicted octanol–water partition coefficient (Wildman–Crippen LogP) is 4.08. The lowest BCUT2D eigenvalue weighted by atomic mass is 10.0. The van der Waals surface area contributed by atoms with Gasteiger partial charge in [0.25, 0.3) is 5.78 Å². The Morgan fingerprint density at radius 1 is 0.696 bits per heavy atom. The van der Waals surface area contributed by atoms with E-state index in [-0.39, 0.29) is 0 Å². The fourth-order valence-electron chi connectivity index (χ4n) is 2.58. The molecule has 4 aromatic rings. The van der Waals surface area contributed by atoms with Gasteiger partial charge in [-0.25, -0.2) is 14.5 Å². The minimum atomic E-state index is 0.634. The van der Waals surface area contributed by atoms with Crippen molar-refractivity contribution in [2.45, 2.75) is 13.8 Å². The first-order chi connectivity index (χ1) is 11.2. The third-order valence-electron chi connectivity index (χ3n) is 4.01. The maximum atomic E-state index is 4.58. The van der Waals surface area contributed by atoms with Gasteiger partial charge in [-0.3, -0.25) is 0 Å². The van der Waals surface area contributed by atoms with Gasteiger partial charge < -0.3 is 0 Å². The zero-order valence-electron chi connectivity index (χ0n) is 13.1. The van der Waals surface area contributed by atoms with Crippen LogP contribution in [0.5, 0.6) is 0 Å². The Balaban J connectivity index is 1.73. The van der Waals surface area contributed by atoms with E-state index in [4.69, 9.17) is 0 Å². The van der Waals surface area contributed by atoms with E-state index in [0.717, 1.165) is 22.6 Å². The highest BCUT2D eigenvalue weighted by atomic mass is 15.3. The van der Waals surface area contributed by atoms with Gasteiger partial charge in [0.05, 0.1) is 23.3 Å². The molecule has 0 radical (unpaired) electrons. The van der Waals surface area contributed by atoms with Gasteiger partial charge in [-0.15, -0.1) is 0 Å². The number of fused-ring (bicyclic) bond motifs is 1. The minimum absolute atomic E-state index is 0.634. The van der Waals surface area contributed by atoms with E-state index < -0.39 is 0 Å². The first-order valence-electron chi connectivity index (χ1n) is 7.57. The summed E-state index contributed by atoms with van der Waals surface area (Å²) in [6.45, 7) is 3.90. The van der Waals surface area contributed by atoms with Crippen molar-refractivity contribution in [1.29, 1.82) is 0 Å². The summed E-state index contributed by atoms with van der Waals surface area (Å²) in [5, 5.41) is 4.48. The van der Waals surface area contributed by atoms with E-state index in [2.05, 4.69) is 51.5 Å². The first kappa shape index (κ1) is 13.6. The summed E-state index contributed by atoms with van der Waals surface area (Å²) >= 11 is 0. The Hall–Kier alpha value is -3.01. The van der Waals surface area contributed by atoms with Crippen molar-refractivity contribution in [3.05, 3.63) is 72.2 Å². The third-order valence-corrected chi connectivity index (χ3v) is 4.01. The summed E-state index contributed by atoms with van der Waals surface area (Å²) in [6, 6.07) is 18.8. The van der Waals surface area contributed by atoms with Gasteiger partial charge in [0.1, 0.15) is 0 Å². The number of rotatable bonds is 2. The highest BCUT2D eigenvalue weighted by molar-refractivity contribution is 5.69.